The molecule has 2 aliphatic rings. The molecule has 1 heteroatoms. The molecule has 1 nitrogen and oxygen atoms in total. The summed E-state index contributed by atoms with van der Waals surface area (Å²) >= 11 is 0. The van der Waals surface area contributed by atoms with Gasteiger partial charge in [0.1, 0.15) is 0 Å². The maximum absolute atomic E-state index is 4.62. The van der Waals surface area contributed by atoms with Crippen LogP contribution in [0.5, 0.6) is 0 Å². The first kappa shape index (κ1) is 7.33. The summed E-state index contributed by atoms with van der Waals surface area (Å²) in [5, 5.41) is 0. The van der Waals surface area contributed by atoms with Crippen LogP contribution in [-0.2, 0) is 0 Å². The van der Waals surface area contributed by atoms with E-state index in [1.54, 1.807) is 5.71 Å². The van der Waals surface area contributed by atoms with Gasteiger partial charge in [-0.1, -0.05) is 19.8 Å². The van der Waals surface area contributed by atoms with E-state index in [2.05, 4.69) is 11.9 Å². The average Bonchev–Trinajstić information content (AvgIpc) is 2.55. The van der Waals surface area contributed by atoms with Crippen LogP contribution < -0.4 is 0 Å². The molecule has 1 atom stereocenters. The highest BCUT2D eigenvalue weighted by molar-refractivity contribution is 5.90. The molecule has 0 spiro atoms. The molecule has 0 radical (unpaired) electrons. The van der Waals surface area contributed by atoms with Crippen LogP contribution in [0.2, 0.25) is 0 Å². The van der Waals surface area contributed by atoms with Gasteiger partial charge in [-0.25, -0.2) is 0 Å². The van der Waals surface area contributed by atoms with Gasteiger partial charge in [0.05, 0.1) is 0 Å². The van der Waals surface area contributed by atoms with Crippen molar-refractivity contribution in [2.75, 3.05) is 6.54 Å². The molecule has 0 aromatic rings. The van der Waals surface area contributed by atoms with E-state index in [0.29, 0.717) is 0 Å². The highest BCUT2D eigenvalue weighted by atomic mass is 14.8. The van der Waals surface area contributed by atoms with Crippen LogP contribution in [0, 0.1) is 11.8 Å². The van der Waals surface area contributed by atoms with Gasteiger partial charge >= 0.3 is 0 Å². The summed E-state index contributed by atoms with van der Waals surface area (Å²) in [5.41, 5.74) is 1.56. The van der Waals surface area contributed by atoms with E-state index < -0.39 is 0 Å². The molecule has 1 aliphatic carbocycles. The van der Waals surface area contributed by atoms with Gasteiger partial charge in [0.25, 0.3) is 0 Å². The Morgan fingerprint density at radius 1 is 1.18 bits per heavy atom. The lowest BCUT2D eigenvalue weighted by Crippen LogP contribution is -2.15. The predicted molar refractivity (Wildman–Crippen MR) is 48.0 cm³/mol. The molecule has 0 aromatic heterocycles. The fraction of sp³-hybridized carbons (Fsp3) is 0.900. The van der Waals surface area contributed by atoms with Crippen molar-refractivity contribution in [3.8, 4) is 0 Å². The standard InChI is InChI=1S/C10H17N/c1-8-6-7-11-10(8)9-4-2-3-5-9/h8-9H,2-7H2,1H3. The quantitative estimate of drug-likeness (QED) is 0.546. The fourth-order valence-electron chi connectivity index (χ4n) is 2.44. The lowest BCUT2D eigenvalue weighted by molar-refractivity contribution is 0.662. The molecule has 0 bridgehead atoms. The Bertz CT molecular complexity index is 166. The molecule has 0 N–H and O–H groups in total. The average molecular weight is 151 g/mol. The third kappa shape index (κ3) is 1.33. The van der Waals surface area contributed by atoms with Gasteiger partial charge in [-0.15, -0.1) is 0 Å². The summed E-state index contributed by atoms with van der Waals surface area (Å²) in [6.45, 7) is 3.44. The van der Waals surface area contributed by atoms with E-state index in [1.165, 1.54) is 32.1 Å². The smallest absolute Gasteiger partial charge is 0.0395 e. The molecular formula is C10H17N. The van der Waals surface area contributed by atoms with Crippen LogP contribution in [0.4, 0.5) is 0 Å². The summed E-state index contributed by atoms with van der Waals surface area (Å²) in [7, 11) is 0. The number of hydrogen-bond donors (Lipinski definition) is 0. The monoisotopic (exact) mass is 151 g/mol. The molecule has 1 fully saturated rings. The van der Waals surface area contributed by atoms with Gasteiger partial charge in [-0.3, -0.25) is 4.99 Å². The lowest BCUT2D eigenvalue weighted by Gasteiger charge is -2.13. The Labute approximate surface area is 68.9 Å². The Balaban J connectivity index is 2.02. The van der Waals surface area contributed by atoms with E-state index in [1.807, 2.05) is 0 Å². The minimum atomic E-state index is 0.804. The van der Waals surface area contributed by atoms with Crippen molar-refractivity contribution in [3.63, 3.8) is 0 Å². The van der Waals surface area contributed by atoms with Crippen LogP contribution in [0.25, 0.3) is 0 Å². The summed E-state index contributed by atoms with van der Waals surface area (Å²) in [4.78, 5) is 4.62. The molecule has 1 saturated carbocycles. The normalized spacial score (nSPS) is 32.8. The molecule has 0 saturated heterocycles. The van der Waals surface area contributed by atoms with E-state index in [0.717, 1.165) is 18.4 Å². The minimum Gasteiger partial charge on any atom is -0.294 e. The topological polar surface area (TPSA) is 12.4 Å². The first-order valence-electron chi connectivity index (χ1n) is 4.92. The van der Waals surface area contributed by atoms with Crippen LogP contribution in [-0.4, -0.2) is 12.3 Å². The molecule has 1 aliphatic heterocycles. The highest BCUT2D eigenvalue weighted by Gasteiger charge is 2.26. The first-order valence-corrected chi connectivity index (χ1v) is 4.92. The zero-order chi connectivity index (χ0) is 7.68. The first-order chi connectivity index (χ1) is 5.38. The molecule has 1 unspecified atom stereocenters. The number of nitrogens with zero attached hydrogens (tertiary/aromatic N) is 1. The molecule has 0 amide bonds. The third-order valence-electron chi connectivity index (χ3n) is 3.13. The highest BCUT2D eigenvalue weighted by Crippen LogP contribution is 2.31. The van der Waals surface area contributed by atoms with Crippen LogP contribution in [0.1, 0.15) is 39.0 Å². The van der Waals surface area contributed by atoms with Crippen molar-refractivity contribution in [2.45, 2.75) is 39.0 Å². The van der Waals surface area contributed by atoms with Gasteiger partial charge < -0.3 is 0 Å². The second-order valence-electron chi connectivity index (χ2n) is 3.98. The van der Waals surface area contributed by atoms with Gasteiger partial charge in [0.2, 0.25) is 0 Å². The number of hydrogen-bond acceptors (Lipinski definition) is 1. The molecule has 0 aromatic carbocycles. The van der Waals surface area contributed by atoms with Crippen molar-refractivity contribution in [1.82, 2.24) is 0 Å². The van der Waals surface area contributed by atoms with Crippen molar-refractivity contribution >= 4 is 5.71 Å². The zero-order valence-corrected chi connectivity index (χ0v) is 7.34. The fourth-order valence-corrected chi connectivity index (χ4v) is 2.44. The lowest BCUT2D eigenvalue weighted by atomic mass is 9.92. The summed E-state index contributed by atoms with van der Waals surface area (Å²) in [6, 6.07) is 0. The largest absolute Gasteiger partial charge is 0.294 e. The molecule has 11 heavy (non-hydrogen) atoms. The van der Waals surface area contributed by atoms with Crippen molar-refractivity contribution in [3.05, 3.63) is 0 Å². The SMILES string of the molecule is CC1CCN=C1C1CCCC1. The van der Waals surface area contributed by atoms with Gasteiger partial charge in [0, 0.05) is 12.3 Å². The predicted octanol–water partition coefficient (Wildman–Crippen LogP) is 2.66. The van der Waals surface area contributed by atoms with Gasteiger partial charge in [0.15, 0.2) is 0 Å². The van der Waals surface area contributed by atoms with Crippen molar-refractivity contribution in [2.24, 2.45) is 16.8 Å². The summed E-state index contributed by atoms with van der Waals surface area (Å²) in [5.74, 6) is 1.69. The van der Waals surface area contributed by atoms with Crippen molar-refractivity contribution < 1.29 is 0 Å². The molecule has 1 heterocycles. The Morgan fingerprint density at radius 3 is 2.45 bits per heavy atom. The van der Waals surface area contributed by atoms with E-state index in [4.69, 9.17) is 0 Å². The van der Waals surface area contributed by atoms with Crippen LogP contribution >= 0.6 is 0 Å². The Kier molecular flexibility index (Phi) is 1.97. The minimum absolute atomic E-state index is 0.804. The zero-order valence-electron chi connectivity index (χ0n) is 7.34. The second kappa shape index (κ2) is 2.96. The van der Waals surface area contributed by atoms with Crippen LogP contribution in [0.15, 0.2) is 4.99 Å². The molecule has 62 valence electrons. The summed E-state index contributed by atoms with van der Waals surface area (Å²) in [6.07, 6.45) is 7.03. The number of rotatable bonds is 1. The third-order valence-corrected chi connectivity index (χ3v) is 3.13. The maximum atomic E-state index is 4.62. The molecule has 2 rings (SSSR count). The van der Waals surface area contributed by atoms with Gasteiger partial charge in [-0.05, 0) is 31.1 Å². The Hall–Kier alpha value is -0.330. The summed E-state index contributed by atoms with van der Waals surface area (Å²) < 4.78 is 0. The van der Waals surface area contributed by atoms with Gasteiger partial charge in [-0.2, -0.15) is 0 Å². The Morgan fingerprint density at radius 2 is 1.91 bits per heavy atom. The number of aliphatic imine (C=N–C) groups is 1. The van der Waals surface area contributed by atoms with Crippen molar-refractivity contribution in [1.29, 1.82) is 0 Å². The van der Waals surface area contributed by atoms with E-state index in [9.17, 15) is 0 Å². The van der Waals surface area contributed by atoms with E-state index >= 15 is 0 Å². The van der Waals surface area contributed by atoms with Crippen LogP contribution in [0.3, 0.4) is 0 Å². The maximum Gasteiger partial charge on any atom is 0.0395 e. The molecular weight excluding hydrogens is 134 g/mol. The second-order valence-corrected chi connectivity index (χ2v) is 3.98. The van der Waals surface area contributed by atoms with E-state index in [-0.39, 0.29) is 0 Å².